The number of carbonyl (C=O) groups is 1. The lowest BCUT2D eigenvalue weighted by molar-refractivity contribution is -0.116. The Morgan fingerprint density at radius 2 is 1.90 bits per heavy atom. The van der Waals surface area contributed by atoms with Crippen molar-refractivity contribution in [3.05, 3.63) is 75.1 Å². The van der Waals surface area contributed by atoms with Crippen molar-refractivity contribution in [1.82, 2.24) is 25.0 Å². The summed E-state index contributed by atoms with van der Waals surface area (Å²) in [7, 11) is 0. The quantitative estimate of drug-likeness (QED) is 0.445. The second-order valence-electron chi connectivity index (χ2n) is 7.64. The molecule has 1 aliphatic rings. The van der Waals surface area contributed by atoms with Crippen molar-refractivity contribution in [1.29, 1.82) is 0 Å². The number of carbonyl (C=O) groups excluding carboxylic acids is 1. The molecule has 2 aromatic carbocycles. The van der Waals surface area contributed by atoms with Gasteiger partial charge in [-0.05, 0) is 37.1 Å². The molecule has 0 saturated heterocycles. The molecule has 1 aliphatic carbocycles. The van der Waals surface area contributed by atoms with Crippen molar-refractivity contribution in [2.24, 2.45) is 0 Å². The summed E-state index contributed by atoms with van der Waals surface area (Å²) in [4.78, 5) is 41.7. The van der Waals surface area contributed by atoms with Crippen LogP contribution in [0.1, 0.15) is 31.0 Å². The van der Waals surface area contributed by atoms with E-state index in [0.717, 1.165) is 24.2 Å². The standard InChI is InChI=1S/C22H20N6O3/c29-18(10-11-28-22(31)17-7-2-1-6-16(17)21(30)27-28)23-15-5-3-4-14(12-15)20-24-19(25-26-20)13-8-9-13/h1-7,12-13H,8-11H2,(H,23,29)(H,27,30)(H,24,25,26). The smallest absolute Gasteiger partial charge is 0.273 e. The Morgan fingerprint density at radius 3 is 2.71 bits per heavy atom. The topological polar surface area (TPSA) is 126 Å². The Bertz CT molecular complexity index is 1400. The van der Waals surface area contributed by atoms with Crippen LogP contribution in [0, 0.1) is 0 Å². The second-order valence-corrected chi connectivity index (χ2v) is 7.64. The highest BCUT2D eigenvalue weighted by Gasteiger charge is 2.27. The Morgan fingerprint density at radius 1 is 1.10 bits per heavy atom. The molecule has 1 fully saturated rings. The number of H-pyrrole nitrogens is 2. The Labute approximate surface area is 176 Å². The third kappa shape index (κ3) is 3.89. The summed E-state index contributed by atoms with van der Waals surface area (Å²) in [5.74, 6) is 1.71. The zero-order valence-corrected chi connectivity index (χ0v) is 16.6. The fourth-order valence-corrected chi connectivity index (χ4v) is 3.52. The van der Waals surface area contributed by atoms with Crippen LogP contribution >= 0.6 is 0 Å². The van der Waals surface area contributed by atoms with Gasteiger partial charge in [0.05, 0.1) is 17.3 Å². The second kappa shape index (κ2) is 7.67. The normalized spacial score (nSPS) is 13.4. The Kier molecular flexibility index (Phi) is 4.70. The number of amides is 1. The Balaban J connectivity index is 1.28. The molecule has 5 rings (SSSR count). The number of anilines is 1. The highest BCUT2D eigenvalue weighted by molar-refractivity contribution is 5.91. The lowest BCUT2D eigenvalue weighted by Gasteiger charge is -2.09. The minimum absolute atomic E-state index is 0.0326. The molecule has 2 aromatic heterocycles. The molecule has 9 nitrogen and oxygen atoms in total. The van der Waals surface area contributed by atoms with E-state index in [0.29, 0.717) is 28.2 Å². The van der Waals surface area contributed by atoms with Crippen molar-refractivity contribution >= 4 is 22.4 Å². The average molecular weight is 416 g/mol. The lowest BCUT2D eigenvalue weighted by Crippen LogP contribution is -2.31. The number of rotatable bonds is 6. The first-order valence-corrected chi connectivity index (χ1v) is 10.1. The van der Waals surface area contributed by atoms with Crippen LogP contribution in [0.25, 0.3) is 22.2 Å². The van der Waals surface area contributed by atoms with E-state index in [1.165, 1.54) is 4.68 Å². The van der Waals surface area contributed by atoms with Gasteiger partial charge in [-0.2, -0.15) is 5.10 Å². The number of aromatic nitrogens is 5. The molecule has 1 amide bonds. The Hall–Kier alpha value is -4.01. The number of benzene rings is 2. The minimum Gasteiger partial charge on any atom is -0.326 e. The van der Waals surface area contributed by atoms with Crippen molar-refractivity contribution in [2.45, 2.75) is 31.7 Å². The van der Waals surface area contributed by atoms with Crippen LogP contribution in [0.2, 0.25) is 0 Å². The van der Waals surface area contributed by atoms with E-state index in [9.17, 15) is 14.4 Å². The molecule has 3 N–H and O–H groups in total. The fourth-order valence-electron chi connectivity index (χ4n) is 3.52. The van der Waals surface area contributed by atoms with Crippen molar-refractivity contribution in [2.75, 3.05) is 5.32 Å². The highest BCUT2D eigenvalue weighted by Crippen LogP contribution is 2.38. The van der Waals surface area contributed by atoms with Gasteiger partial charge in [0, 0.05) is 23.6 Å². The number of aryl methyl sites for hydroxylation is 1. The maximum Gasteiger partial charge on any atom is 0.273 e. The first kappa shape index (κ1) is 19.0. The van der Waals surface area contributed by atoms with Gasteiger partial charge in [-0.3, -0.25) is 24.6 Å². The molecule has 4 aromatic rings. The van der Waals surface area contributed by atoms with Gasteiger partial charge in [0.25, 0.3) is 11.1 Å². The van der Waals surface area contributed by atoms with Gasteiger partial charge >= 0.3 is 0 Å². The molecule has 0 atom stereocenters. The molecule has 0 unspecified atom stereocenters. The SMILES string of the molecule is O=C(CCn1[nH]c(=O)c2ccccc2c1=O)Nc1cccc(-c2n[nH]c(C3CC3)n2)c1. The molecule has 0 bridgehead atoms. The molecule has 9 heteroatoms. The van der Waals surface area contributed by atoms with Crippen LogP contribution < -0.4 is 16.4 Å². The number of hydrogen-bond donors (Lipinski definition) is 3. The average Bonchev–Trinajstić information content (AvgIpc) is 3.52. The molecular formula is C22H20N6O3. The summed E-state index contributed by atoms with van der Waals surface area (Å²) < 4.78 is 1.17. The number of nitrogens with one attached hydrogen (secondary N) is 3. The largest absolute Gasteiger partial charge is 0.326 e. The number of fused-ring (bicyclic) bond motifs is 1. The molecule has 0 spiro atoms. The van der Waals surface area contributed by atoms with Crippen LogP contribution in [0.4, 0.5) is 5.69 Å². The summed E-state index contributed by atoms with van der Waals surface area (Å²) in [6, 6.07) is 13.9. The fraction of sp³-hybridized carbons (Fsp3) is 0.227. The summed E-state index contributed by atoms with van der Waals surface area (Å²) in [5.41, 5.74) is 0.720. The minimum atomic E-state index is -0.361. The van der Waals surface area contributed by atoms with Crippen LogP contribution in [0.3, 0.4) is 0 Å². The van der Waals surface area contributed by atoms with Crippen LogP contribution in [-0.4, -0.2) is 30.9 Å². The monoisotopic (exact) mass is 416 g/mol. The van der Waals surface area contributed by atoms with Gasteiger partial charge in [0.1, 0.15) is 5.82 Å². The molecular weight excluding hydrogens is 396 g/mol. The van der Waals surface area contributed by atoms with E-state index < -0.39 is 0 Å². The zero-order chi connectivity index (χ0) is 21.4. The first-order chi connectivity index (χ1) is 15.1. The number of nitrogens with zero attached hydrogens (tertiary/aromatic N) is 3. The van der Waals surface area contributed by atoms with Crippen molar-refractivity contribution in [3.63, 3.8) is 0 Å². The third-order valence-corrected chi connectivity index (χ3v) is 5.32. The number of aromatic amines is 2. The van der Waals surface area contributed by atoms with E-state index in [-0.39, 0.29) is 30.0 Å². The van der Waals surface area contributed by atoms with Gasteiger partial charge in [0.2, 0.25) is 5.91 Å². The first-order valence-electron chi connectivity index (χ1n) is 10.1. The predicted octanol–water partition coefficient (Wildman–Crippen LogP) is 2.38. The van der Waals surface area contributed by atoms with E-state index >= 15 is 0 Å². The van der Waals surface area contributed by atoms with Gasteiger partial charge < -0.3 is 5.32 Å². The van der Waals surface area contributed by atoms with Crippen molar-refractivity contribution in [3.8, 4) is 11.4 Å². The predicted molar refractivity (Wildman–Crippen MR) is 116 cm³/mol. The lowest BCUT2D eigenvalue weighted by atomic mass is 10.2. The summed E-state index contributed by atoms with van der Waals surface area (Å²) in [6.07, 6.45) is 2.30. The van der Waals surface area contributed by atoms with Gasteiger partial charge in [-0.1, -0.05) is 24.3 Å². The molecule has 31 heavy (non-hydrogen) atoms. The highest BCUT2D eigenvalue weighted by atomic mass is 16.2. The zero-order valence-electron chi connectivity index (χ0n) is 16.6. The van der Waals surface area contributed by atoms with E-state index in [2.05, 4.69) is 25.6 Å². The summed E-state index contributed by atoms with van der Waals surface area (Å²) in [5, 5.41) is 13.3. The maximum atomic E-state index is 12.6. The van der Waals surface area contributed by atoms with Crippen LogP contribution in [0.15, 0.2) is 58.1 Å². The van der Waals surface area contributed by atoms with E-state index in [1.54, 1.807) is 30.3 Å². The molecule has 156 valence electrons. The molecule has 1 saturated carbocycles. The van der Waals surface area contributed by atoms with Crippen LogP contribution in [-0.2, 0) is 11.3 Å². The molecule has 0 aliphatic heterocycles. The summed E-state index contributed by atoms with van der Waals surface area (Å²) in [6.45, 7) is 0.0656. The van der Waals surface area contributed by atoms with Crippen molar-refractivity contribution < 1.29 is 4.79 Å². The maximum absolute atomic E-state index is 12.6. The molecule has 0 radical (unpaired) electrons. The molecule has 2 heterocycles. The van der Waals surface area contributed by atoms with Gasteiger partial charge in [-0.15, -0.1) is 0 Å². The van der Waals surface area contributed by atoms with Gasteiger partial charge in [0.15, 0.2) is 5.82 Å². The summed E-state index contributed by atoms with van der Waals surface area (Å²) >= 11 is 0. The third-order valence-electron chi connectivity index (χ3n) is 5.32. The van der Waals surface area contributed by atoms with Gasteiger partial charge in [-0.25, -0.2) is 9.67 Å². The van der Waals surface area contributed by atoms with E-state index in [1.807, 2.05) is 18.2 Å². The number of hydrogen-bond acceptors (Lipinski definition) is 5. The van der Waals surface area contributed by atoms with Crippen LogP contribution in [0.5, 0.6) is 0 Å². The van der Waals surface area contributed by atoms with E-state index in [4.69, 9.17) is 0 Å².